The van der Waals surface area contributed by atoms with Crippen LogP contribution in [0, 0.1) is 5.92 Å². The van der Waals surface area contributed by atoms with E-state index in [1.165, 1.54) is 19.3 Å². The summed E-state index contributed by atoms with van der Waals surface area (Å²) >= 11 is 0. The molecule has 0 aromatic heterocycles. The van der Waals surface area contributed by atoms with Crippen LogP contribution in [-0.4, -0.2) is 46.3 Å². The molecular formula is C14H25NO3. The van der Waals surface area contributed by atoms with Crippen molar-refractivity contribution in [2.24, 2.45) is 5.92 Å². The molecule has 4 nitrogen and oxygen atoms in total. The first-order valence-electron chi connectivity index (χ1n) is 7.33. The zero-order chi connectivity index (χ0) is 13.0. The van der Waals surface area contributed by atoms with Gasteiger partial charge >= 0.3 is 5.97 Å². The molecule has 2 rings (SSSR count). The number of piperidine rings is 1. The predicted octanol–water partition coefficient (Wildman–Crippen LogP) is 1.87. The van der Waals surface area contributed by atoms with E-state index in [-0.39, 0.29) is 12.6 Å². The van der Waals surface area contributed by atoms with Crippen LogP contribution in [0.25, 0.3) is 0 Å². The van der Waals surface area contributed by atoms with Gasteiger partial charge in [0.15, 0.2) is 0 Å². The number of rotatable bonds is 5. The fraction of sp³-hybridized carbons (Fsp3) is 0.929. The molecule has 0 bridgehead atoms. The second kappa shape index (κ2) is 6.53. The number of hydrogen-bond acceptors (Lipinski definition) is 3. The van der Waals surface area contributed by atoms with E-state index >= 15 is 0 Å². The Morgan fingerprint density at radius 3 is 2.61 bits per heavy atom. The number of carbonyl (C=O) groups is 1. The van der Waals surface area contributed by atoms with E-state index in [1.807, 2.05) is 0 Å². The third kappa shape index (κ3) is 3.04. The molecular weight excluding hydrogens is 230 g/mol. The lowest BCUT2D eigenvalue weighted by molar-refractivity contribution is -0.148. The molecule has 1 saturated heterocycles. The highest BCUT2D eigenvalue weighted by atomic mass is 16.4. The van der Waals surface area contributed by atoms with Gasteiger partial charge in [-0.25, -0.2) is 0 Å². The topological polar surface area (TPSA) is 60.8 Å². The van der Waals surface area contributed by atoms with Crippen LogP contribution >= 0.6 is 0 Å². The van der Waals surface area contributed by atoms with Gasteiger partial charge in [-0.3, -0.25) is 9.69 Å². The fourth-order valence-electron chi connectivity index (χ4n) is 3.72. The van der Waals surface area contributed by atoms with Crippen LogP contribution in [0.5, 0.6) is 0 Å². The number of likely N-dealkylation sites (tertiary alicyclic amines) is 1. The van der Waals surface area contributed by atoms with Crippen LogP contribution in [0.4, 0.5) is 0 Å². The lowest BCUT2D eigenvalue weighted by Gasteiger charge is -2.47. The van der Waals surface area contributed by atoms with Crippen molar-refractivity contribution in [3.63, 3.8) is 0 Å². The highest BCUT2D eigenvalue weighted by Crippen LogP contribution is 2.37. The second-order valence-electron chi connectivity index (χ2n) is 5.71. The standard InChI is InChI=1S/C14H25NO3/c16-10-4-3-9-15-12-6-2-1-5-11(12)7-8-13(15)14(17)18/h11-13,16H,1-10H2,(H,17,18). The van der Waals surface area contributed by atoms with E-state index in [4.69, 9.17) is 5.11 Å². The highest BCUT2D eigenvalue weighted by Gasteiger charge is 2.40. The van der Waals surface area contributed by atoms with Gasteiger partial charge in [0, 0.05) is 12.6 Å². The quantitative estimate of drug-likeness (QED) is 0.736. The number of nitrogens with zero attached hydrogens (tertiary/aromatic N) is 1. The maximum atomic E-state index is 11.4. The second-order valence-corrected chi connectivity index (χ2v) is 5.71. The molecule has 2 aliphatic rings. The van der Waals surface area contributed by atoms with E-state index in [2.05, 4.69) is 4.90 Å². The normalized spacial score (nSPS) is 33.1. The van der Waals surface area contributed by atoms with Gasteiger partial charge in [0.1, 0.15) is 6.04 Å². The number of aliphatic hydroxyl groups is 1. The number of aliphatic hydroxyl groups excluding tert-OH is 1. The summed E-state index contributed by atoms with van der Waals surface area (Å²) < 4.78 is 0. The molecule has 2 fully saturated rings. The van der Waals surface area contributed by atoms with E-state index in [0.717, 1.165) is 38.6 Å². The fourth-order valence-corrected chi connectivity index (χ4v) is 3.72. The number of aliphatic carboxylic acids is 1. The van der Waals surface area contributed by atoms with Gasteiger partial charge in [0.25, 0.3) is 0 Å². The zero-order valence-electron chi connectivity index (χ0n) is 11.1. The summed E-state index contributed by atoms with van der Waals surface area (Å²) in [6.07, 6.45) is 8.55. The number of carboxylic acid groups (broad SMARTS) is 1. The Hall–Kier alpha value is -0.610. The summed E-state index contributed by atoms with van der Waals surface area (Å²) in [5.74, 6) is 0.0477. The maximum Gasteiger partial charge on any atom is 0.320 e. The third-order valence-corrected chi connectivity index (χ3v) is 4.62. The highest BCUT2D eigenvalue weighted by molar-refractivity contribution is 5.73. The molecule has 3 unspecified atom stereocenters. The van der Waals surface area contributed by atoms with Gasteiger partial charge in [-0.15, -0.1) is 0 Å². The third-order valence-electron chi connectivity index (χ3n) is 4.62. The van der Waals surface area contributed by atoms with Crippen LogP contribution in [0.15, 0.2) is 0 Å². The van der Waals surface area contributed by atoms with Gasteiger partial charge < -0.3 is 10.2 Å². The minimum absolute atomic E-state index is 0.208. The Bertz CT molecular complexity index is 282. The summed E-state index contributed by atoms with van der Waals surface area (Å²) in [7, 11) is 0. The Morgan fingerprint density at radius 1 is 1.11 bits per heavy atom. The lowest BCUT2D eigenvalue weighted by Crippen LogP contribution is -2.55. The van der Waals surface area contributed by atoms with Crippen molar-refractivity contribution in [2.45, 2.75) is 63.5 Å². The molecule has 18 heavy (non-hydrogen) atoms. The van der Waals surface area contributed by atoms with Crippen LogP contribution < -0.4 is 0 Å². The van der Waals surface area contributed by atoms with Gasteiger partial charge in [0.05, 0.1) is 0 Å². The molecule has 0 spiro atoms. The molecule has 1 saturated carbocycles. The molecule has 0 radical (unpaired) electrons. The van der Waals surface area contributed by atoms with Crippen molar-refractivity contribution in [2.75, 3.05) is 13.2 Å². The summed E-state index contributed by atoms with van der Waals surface area (Å²) in [4.78, 5) is 13.6. The van der Waals surface area contributed by atoms with Crippen LogP contribution in [0.3, 0.4) is 0 Å². The number of hydrogen-bond donors (Lipinski definition) is 2. The van der Waals surface area contributed by atoms with E-state index in [1.54, 1.807) is 0 Å². The van der Waals surface area contributed by atoms with Crippen molar-refractivity contribution in [1.82, 2.24) is 4.90 Å². The van der Waals surface area contributed by atoms with Crippen molar-refractivity contribution in [3.8, 4) is 0 Å². The Balaban J connectivity index is 2.01. The maximum absolute atomic E-state index is 11.4. The summed E-state index contributed by atoms with van der Waals surface area (Å²) in [6.45, 7) is 1.04. The van der Waals surface area contributed by atoms with Gasteiger partial charge in [-0.1, -0.05) is 12.8 Å². The molecule has 4 heteroatoms. The number of fused-ring (bicyclic) bond motifs is 1. The monoisotopic (exact) mass is 255 g/mol. The first-order valence-corrected chi connectivity index (χ1v) is 7.33. The molecule has 0 amide bonds. The average molecular weight is 255 g/mol. The predicted molar refractivity (Wildman–Crippen MR) is 69.4 cm³/mol. The summed E-state index contributed by atoms with van der Waals surface area (Å²) in [5, 5.41) is 18.2. The lowest BCUT2D eigenvalue weighted by atomic mass is 9.76. The van der Waals surface area contributed by atoms with E-state index in [9.17, 15) is 9.90 Å². The zero-order valence-corrected chi connectivity index (χ0v) is 11.1. The number of carboxylic acids is 1. The van der Waals surface area contributed by atoms with Crippen molar-refractivity contribution in [1.29, 1.82) is 0 Å². The SMILES string of the molecule is O=C(O)C1CCC2CCCCC2N1CCCCO. The summed E-state index contributed by atoms with van der Waals surface area (Å²) in [5.41, 5.74) is 0. The first-order chi connectivity index (χ1) is 8.74. The van der Waals surface area contributed by atoms with Crippen LogP contribution in [0.2, 0.25) is 0 Å². The van der Waals surface area contributed by atoms with E-state index in [0.29, 0.717) is 12.0 Å². The van der Waals surface area contributed by atoms with Gasteiger partial charge in [0.2, 0.25) is 0 Å². The van der Waals surface area contributed by atoms with Crippen molar-refractivity contribution >= 4 is 5.97 Å². The number of unbranched alkanes of at least 4 members (excludes halogenated alkanes) is 1. The minimum atomic E-state index is -0.664. The smallest absolute Gasteiger partial charge is 0.320 e. The van der Waals surface area contributed by atoms with Crippen molar-refractivity contribution < 1.29 is 15.0 Å². The molecule has 3 atom stereocenters. The van der Waals surface area contributed by atoms with Gasteiger partial charge in [-0.05, 0) is 51.0 Å². The average Bonchev–Trinajstić information content (AvgIpc) is 2.38. The molecule has 1 heterocycles. The molecule has 0 aromatic rings. The Kier molecular flexibility index (Phi) is 5.01. The molecule has 1 aliphatic carbocycles. The van der Waals surface area contributed by atoms with E-state index < -0.39 is 5.97 Å². The van der Waals surface area contributed by atoms with Crippen molar-refractivity contribution in [3.05, 3.63) is 0 Å². The van der Waals surface area contributed by atoms with Crippen LogP contribution in [-0.2, 0) is 4.79 Å². The van der Waals surface area contributed by atoms with Crippen LogP contribution in [0.1, 0.15) is 51.4 Å². The molecule has 2 N–H and O–H groups in total. The largest absolute Gasteiger partial charge is 0.480 e. The summed E-state index contributed by atoms with van der Waals surface area (Å²) in [6, 6.07) is 0.190. The molecule has 0 aromatic carbocycles. The molecule has 1 aliphatic heterocycles. The molecule has 104 valence electrons. The Labute approximate surface area is 109 Å². The van der Waals surface area contributed by atoms with Gasteiger partial charge in [-0.2, -0.15) is 0 Å². The Morgan fingerprint density at radius 2 is 1.89 bits per heavy atom. The minimum Gasteiger partial charge on any atom is -0.480 e. The first kappa shape index (κ1) is 13.8.